The highest BCUT2D eigenvalue weighted by Gasteiger charge is 2.07. The van der Waals surface area contributed by atoms with E-state index >= 15 is 0 Å². The molecule has 0 atom stereocenters. The third kappa shape index (κ3) is 3.60. The average Bonchev–Trinajstić information content (AvgIpc) is 2.76. The van der Waals surface area contributed by atoms with Gasteiger partial charge in [0.1, 0.15) is 0 Å². The zero-order valence-corrected chi connectivity index (χ0v) is 12.4. The molecule has 0 aliphatic carbocycles. The molecule has 0 aliphatic heterocycles. The molecule has 0 aliphatic rings. The lowest BCUT2D eigenvalue weighted by Crippen LogP contribution is -2.21. The van der Waals surface area contributed by atoms with Crippen LogP contribution in [0.15, 0.2) is 30.5 Å². The van der Waals surface area contributed by atoms with E-state index in [0.29, 0.717) is 6.04 Å². The van der Waals surface area contributed by atoms with Crippen molar-refractivity contribution >= 4 is 10.9 Å². The van der Waals surface area contributed by atoms with Crippen molar-refractivity contribution in [2.45, 2.75) is 59.2 Å². The van der Waals surface area contributed by atoms with Crippen molar-refractivity contribution in [3.05, 3.63) is 36.0 Å². The lowest BCUT2D eigenvalue weighted by atomic mass is 10.1. The van der Waals surface area contributed by atoms with E-state index in [1.54, 1.807) is 0 Å². The van der Waals surface area contributed by atoms with E-state index < -0.39 is 0 Å². The Bertz CT molecular complexity index is 511. The van der Waals surface area contributed by atoms with Crippen LogP contribution < -0.4 is 5.32 Å². The maximum Gasteiger partial charge on any atom is 0.0483 e. The van der Waals surface area contributed by atoms with Gasteiger partial charge in [0.2, 0.25) is 0 Å². The van der Waals surface area contributed by atoms with Crippen LogP contribution in [0.5, 0.6) is 0 Å². The first-order chi connectivity index (χ1) is 9.22. The van der Waals surface area contributed by atoms with E-state index in [9.17, 15) is 0 Å². The highest BCUT2D eigenvalue weighted by atomic mass is 15.0. The first-order valence-electron chi connectivity index (χ1n) is 7.52. The molecule has 1 heterocycles. The predicted octanol–water partition coefficient (Wildman–Crippen LogP) is 4.33. The summed E-state index contributed by atoms with van der Waals surface area (Å²) in [7, 11) is 0. The van der Waals surface area contributed by atoms with Gasteiger partial charge in [0.25, 0.3) is 0 Å². The number of hydrogen-bond acceptors (Lipinski definition) is 1. The molecule has 0 bridgehead atoms. The number of nitrogens with zero attached hydrogens (tertiary/aromatic N) is 1. The Morgan fingerprint density at radius 3 is 2.68 bits per heavy atom. The summed E-state index contributed by atoms with van der Waals surface area (Å²) in [4.78, 5) is 0. The SMILES string of the molecule is CCCCCn1cc(CNC(C)C)c2ccccc21. The maximum atomic E-state index is 3.52. The molecule has 2 aromatic rings. The topological polar surface area (TPSA) is 17.0 Å². The molecule has 0 unspecified atom stereocenters. The molecule has 0 spiro atoms. The summed E-state index contributed by atoms with van der Waals surface area (Å²) in [5, 5.41) is 4.92. The molecule has 0 saturated carbocycles. The van der Waals surface area contributed by atoms with Crippen LogP contribution in [0.3, 0.4) is 0 Å². The fourth-order valence-electron chi connectivity index (χ4n) is 2.49. The van der Waals surface area contributed by atoms with Gasteiger partial charge in [0.15, 0.2) is 0 Å². The van der Waals surface area contributed by atoms with Gasteiger partial charge >= 0.3 is 0 Å². The zero-order chi connectivity index (χ0) is 13.7. The summed E-state index contributed by atoms with van der Waals surface area (Å²) in [5.74, 6) is 0. The minimum atomic E-state index is 0.530. The molecule has 1 aromatic carbocycles. The Kier molecular flexibility index (Phi) is 5.03. The molecule has 2 nitrogen and oxygen atoms in total. The molecule has 0 amide bonds. The number of aromatic nitrogens is 1. The Morgan fingerprint density at radius 1 is 1.16 bits per heavy atom. The third-order valence-electron chi connectivity index (χ3n) is 3.57. The summed E-state index contributed by atoms with van der Waals surface area (Å²) in [6.07, 6.45) is 6.19. The Labute approximate surface area is 116 Å². The van der Waals surface area contributed by atoms with Crippen LogP contribution >= 0.6 is 0 Å². The Balaban J connectivity index is 2.21. The second-order valence-corrected chi connectivity index (χ2v) is 5.61. The van der Waals surface area contributed by atoms with E-state index in [2.05, 4.69) is 61.1 Å². The molecular formula is C17H26N2. The van der Waals surface area contributed by atoms with E-state index in [-0.39, 0.29) is 0 Å². The van der Waals surface area contributed by atoms with Crippen molar-refractivity contribution < 1.29 is 0 Å². The summed E-state index contributed by atoms with van der Waals surface area (Å²) in [6, 6.07) is 9.28. The molecule has 2 heteroatoms. The summed E-state index contributed by atoms with van der Waals surface area (Å²) in [6.45, 7) is 8.74. The predicted molar refractivity (Wildman–Crippen MR) is 83.4 cm³/mol. The van der Waals surface area contributed by atoms with E-state index in [4.69, 9.17) is 0 Å². The fraction of sp³-hybridized carbons (Fsp3) is 0.529. The second kappa shape index (κ2) is 6.76. The molecular weight excluding hydrogens is 232 g/mol. The Morgan fingerprint density at radius 2 is 1.95 bits per heavy atom. The lowest BCUT2D eigenvalue weighted by Gasteiger charge is -2.06. The van der Waals surface area contributed by atoms with Gasteiger partial charge in [-0.05, 0) is 18.1 Å². The monoisotopic (exact) mass is 258 g/mol. The van der Waals surface area contributed by atoms with Gasteiger partial charge in [-0.15, -0.1) is 0 Å². The number of nitrogens with one attached hydrogen (secondary N) is 1. The van der Waals surface area contributed by atoms with E-state index in [0.717, 1.165) is 13.1 Å². The van der Waals surface area contributed by atoms with Gasteiger partial charge in [0, 0.05) is 36.2 Å². The van der Waals surface area contributed by atoms with Gasteiger partial charge in [-0.2, -0.15) is 0 Å². The first kappa shape index (κ1) is 14.1. The minimum absolute atomic E-state index is 0.530. The van der Waals surface area contributed by atoms with Gasteiger partial charge in [-0.1, -0.05) is 51.8 Å². The van der Waals surface area contributed by atoms with E-state index in [1.165, 1.54) is 35.7 Å². The number of benzene rings is 1. The average molecular weight is 258 g/mol. The van der Waals surface area contributed by atoms with Crippen molar-refractivity contribution in [1.82, 2.24) is 9.88 Å². The molecule has 2 rings (SSSR count). The van der Waals surface area contributed by atoms with Gasteiger partial charge in [-0.25, -0.2) is 0 Å². The lowest BCUT2D eigenvalue weighted by molar-refractivity contribution is 0.585. The molecule has 1 aromatic heterocycles. The number of para-hydroxylation sites is 1. The molecule has 0 radical (unpaired) electrons. The van der Waals surface area contributed by atoms with Crippen LogP contribution in [0.2, 0.25) is 0 Å². The van der Waals surface area contributed by atoms with Crippen molar-refractivity contribution in [3.8, 4) is 0 Å². The molecule has 0 saturated heterocycles. The maximum absolute atomic E-state index is 3.52. The molecule has 1 N–H and O–H groups in total. The normalized spacial score (nSPS) is 11.6. The third-order valence-corrected chi connectivity index (χ3v) is 3.57. The largest absolute Gasteiger partial charge is 0.347 e. The summed E-state index contributed by atoms with van der Waals surface area (Å²) < 4.78 is 2.42. The smallest absolute Gasteiger partial charge is 0.0483 e. The first-order valence-corrected chi connectivity index (χ1v) is 7.52. The van der Waals surface area contributed by atoms with Crippen LogP contribution in [0.1, 0.15) is 45.6 Å². The van der Waals surface area contributed by atoms with Gasteiger partial charge in [0.05, 0.1) is 0 Å². The van der Waals surface area contributed by atoms with Gasteiger partial charge < -0.3 is 9.88 Å². The van der Waals surface area contributed by atoms with Gasteiger partial charge in [-0.3, -0.25) is 0 Å². The molecule has 104 valence electrons. The molecule has 19 heavy (non-hydrogen) atoms. The fourth-order valence-corrected chi connectivity index (χ4v) is 2.49. The zero-order valence-electron chi connectivity index (χ0n) is 12.4. The summed E-state index contributed by atoms with van der Waals surface area (Å²) in [5.41, 5.74) is 2.79. The van der Waals surface area contributed by atoms with E-state index in [1.807, 2.05) is 0 Å². The second-order valence-electron chi connectivity index (χ2n) is 5.61. The highest BCUT2D eigenvalue weighted by molar-refractivity contribution is 5.83. The van der Waals surface area contributed by atoms with Crippen LogP contribution in [-0.4, -0.2) is 10.6 Å². The Hall–Kier alpha value is -1.28. The highest BCUT2D eigenvalue weighted by Crippen LogP contribution is 2.22. The van der Waals surface area contributed by atoms with Crippen LogP contribution in [0.4, 0.5) is 0 Å². The number of unbranched alkanes of at least 4 members (excludes halogenated alkanes) is 2. The van der Waals surface area contributed by atoms with Crippen molar-refractivity contribution in [2.75, 3.05) is 0 Å². The van der Waals surface area contributed by atoms with Crippen molar-refractivity contribution in [3.63, 3.8) is 0 Å². The number of hydrogen-bond donors (Lipinski definition) is 1. The van der Waals surface area contributed by atoms with Crippen LogP contribution in [0.25, 0.3) is 10.9 Å². The van der Waals surface area contributed by atoms with Crippen molar-refractivity contribution in [2.24, 2.45) is 0 Å². The standard InChI is InChI=1S/C17H26N2/c1-4-5-8-11-19-13-15(12-18-14(2)3)16-9-6-7-10-17(16)19/h6-7,9-10,13-14,18H,4-5,8,11-12H2,1-3H3. The molecule has 0 fully saturated rings. The van der Waals surface area contributed by atoms with Crippen LogP contribution in [-0.2, 0) is 13.1 Å². The van der Waals surface area contributed by atoms with Crippen molar-refractivity contribution in [1.29, 1.82) is 0 Å². The van der Waals surface area contributed by atoms with Crippen LogP contribution in [0, 0.1) is 0 Å². The number of fused-ring (bicyclic) bond motifs is 1. The number of aryl methyl sites for hydroxylation is 1. The summed E-state index contributed by atoms with van der Waals surface area (Å²) >= 11 is 0. The quantitative estimate of drug-likeness (QED) is 0.731. The minimum Gasteiger partial charge on any atom is -0.347 e. The number of rotatable bonds is 7.